The van der Waals surface area contributed by atoms with Crippen LogP contribution in [0.3, 0.4) is 0 Å². The molecule has 0 saturated heterocycles. The molecule has 2 N–H and O–H groups in total. The summed E-state index contributed by atoms with van der Waals surface area (Å²) in [5.74, 6) is -0.168. The van der Waals surface area contributed by atoms with Gasteiger partial charge in [-0.15, -0.1) is 0 Å². The van der Waals surface area contributed by atoms with Crippen LogP contribution in [0.4, 0.5) is 13.2 Å². The molecule has 4 rings (SSSR count). The molecule has 0 bridgehead atoms. The second-order valence-corrected chi connectivity index (χ2v) is 10.4. The van der Waals surface area contributed by atoms with Crippen LogP contribution in [-0.2, 0) is 11.0 Å². The highest BCUT2D eigenvalue weighted by Gasteiger charge is 2.30. The van der Waals surface area contributed by atoms with Crippen LogP contribution in [0.25, 0.3) is 11.1 Å². The van der Waals surface area contributed by atoms with Gasteiger partial charge in [-0.25, -0.2) is 0 Å². The first-order chi connectivity index (χ1) is 19.1. The highest BCUT2D eigenvalue weighted by Crippen LogP contribution is 2.37. The summed E-state index contributed by atoms with van der Waals surface area (Å²) in [6.45, 7) is 2.04. The summed E-state index contributed by atoms with van der Waals surface area (Å²) in [7, 11) is 0. The van der Waals surface area contributed by atoms with E-state index in [1.807, 2.05) is 25.1 Å². The molecule has 0 aromatic heterocycles. The summed E-state index contributed by atoms with van der Waals surface area (Å²) in [5.41, 5.74) is 3.31. The lowest BCUT2D eigenvalue weighted by molar-refractivity contribution is -0.138. The van der Waals surface area contributed by atoms with Crippen molar-refractivity contribution in [1.82, 2.24) is 5.32 Å². The van der Waals surface area contributed by atoms with E-state index in [9.17, 15) is 22.8 Å². The lowest BCUT2D eigenvalue weighted by Gasteiger charge is -2.28. The number of halogens is 3. The van der Waals surface area contributed by atoms with Gasteiger partial charge in [-0.3, -0.25) is 9.59 Å². The summed E-state index contributed by atoms with van der Waals surface area (Å²) in [6.07, 6.45) is 2.06. The molecule has 3 aromatic rings. The second-order valence-electron chi connectivity index (χ2n) is 10.4. The third kappa shape index (κ3) is 7.87. The Kier molecular flexibility index (Phi) is 9.50. The van der Waals surface area contributed by atoms with E-state index in [0.29, 0.717) is 22.8 Å². The second kappa shape index (κ2) is 13.0. The van der Waals surface area contributed by atoms with Crippen molar-refractivity contribution in [2.75, 3.05) is 6.54 Å². The zero-order valence-electron chi connectivity index (χ0n) is 22.5. The highest BCUT2D eigenvalue weighted by atomic mass is 19.4. The Morgan fingerprint density at radius 2 is 1.60 bits per heavy atom. The van der Waals surface area contributed by atoms with Gasteiger partial charge in [0.1, 0.15) is 11.9 Å². The summed E-state index contributed by atoms with van der Waals surface area (Å²) >= 11 is 0. The van der Waals surface area contributed by atoms with Gasteiger partial charge in [0.25, 0.3) is 5.91 Å². The number of alkyl halides is 3. The number of ether oxygens (including phenoxy) is 1. The van der Waals surface area contributed by atoms with Crippen molar-refractivity contribution in [2.24, 2.45) is 5.92 Å². The minimum Gasteiger partial charge on any atom is -0.486 e. The molecule has 1 saturated carbocycles. The molecule has 40 heavy (non-hydrogen) atoms. The van der Waals surface area contributed by atoms with Crippen LogP contribution >= 0.6 is 0 Å². The van der Waals surface area contributed by atoms with Gasteiger partial charge in [0.15, 0.2) is 0 Å². The fourth-order valence-corrected chi connectivity index (χ4v) is 5.27. The van der Waals surface area contributed by atoms with E-state index in [2.05, 4.69) is 5.32 Å². The van der Waals surface area contributed by atoms with Gasteiger partial charge in [0.05, 0.1) is 12.0 Å². The van der Waals surface area contributed by atoms with E-state index in [-0.39, 0.29) is 25.0 Å². The maximum absolute atomic E-state index is 13.0. The van der Waals surface area contributed by atoms with Crippen LogP contribution in [0.1, 0.15) is 78.1 Å². The lowest BCUT2D eigenvalue weighted by Crippen LogP contribution is -2.25. The van der Waals surface area contributed by atoms with Gasteiger partial charge in [-0.05, 0) is 77.9 Å². The molecule has 1 aliphatic rings. The fourth-order valence-electron chi connectivity index (χ4n) is 5.27. The Bertz CT molecular complexity index is 1300. The zero-order chi connectivity index (χ0) is 28.7. The first-order valence-electron chi connectivity index (χ1n) is 13.6. The molecular formula is C32H34F3NO4. The minimum atomic E-state index is -4.37. The maximum atomic E-state index is 13.0. The number of aliphatic carboxylic acids is 1. The van der Waals surface area contributed by atoms with Crippen LogP contribution < -0.4 is 10.1 Å². The SMILES string of the molecule is Cc1cc(-c2ccc(C(F)(F)F)cc2)ccc1C(CC1CCCCC1)Oc1ccc(C(=O)NCCC(=O)O)cc1. The largest absolute Gasteiger partial charge is 0.486 e. The van der Waals surface area contributed by atoms with Gasteiger partial charge in [-0.2, -0.15) is 13.2 Å². The molecule has 1 aliphatic carbocycles. The van der Waals surface area contributed by atoms with Crippen molar-refractivity contribution in [2.45, 2.75) is 64.1 Å². The Morgan fingerprint density at radius 1 is 0.950 bits per heavy atom. The molecule has 3 aromatic carbocycles. The molecule has 8 heteroatoms. The van der Waals surface area contributed by atoms with Crippen molar-refractivity contribution >= 4 is 11.9 Å². The third-order valence-corrected chi connectivity index (χ3v) is 7.45. The summed E-state index contributed by atoms with van der Waals surface area (Å²) < 4.78 is 45.4. The topological polar surface area (TPSA) is 75.6 Å². The zero-order valence-corrected chi connectivity index (χ0v) is 22.5. The number of hydrogen-bond acceptors (Lipinski definition) is 3. The normalized spacial score (nSPS) is 14.9. The molecule has 1 atom stereocenters. The fraction of sp³-hybridized carbons (Fsp3) is 0.375. The summed E-state index contributed by atoms with van der Waals surface area (Å²) in [6, 6.07) is 17.9. The van der Waals surface area contributed by atoms with Crippen molar-refractivity contribution in [3.8, 4) is 16.9 Å². The quantitative estimate of drug-likeness (QED) is 0.267. The van der Waals surface area contributed by atoms with Gasteiger partial charge in [-0.1, -0.05) is 62.4 Å². The molecule has 1 unspecified atom stereocenters. The standard InChI is InChI=1S/C32H34F3NO4/c1-21-19-25(23-7-12-26(13-8-23)32(33,34)35)11-16-28(21)29(20-22-5-3-2-4-6-22)40-27-14-9-24(10-15-27)31(39)36-18-17-30(37)38/h7-16,19,22,29H,2-6,17-18,20H2,1H3,(H,36,39)(H,37,38). The molecule has 1 fully saturated rings. The van der Waals surface area contributed by atoms with Gasteiger partial charge < -0.3 is 15.2 Å². The number of nitrogens with one attached hydrogen (secondary N) is 1. The van der Waals surface area contributed by atoms with Gasteiger partial charge >= 0.3 is 12.1 Å². The number of hydrogen-bond donors (Lipinski definition) is 2. The molecule has 0 heterocycles. The van der Waals surface area contributed by atoms with Crippen molar-refractivity contribution in [1.29, 1.82) is 0 Å². The molecular weight excluding hydrogens is 519 g/mol. The van der Waals surface area contributed by atoms with Crippen LogP contribution in [0.5, 0.6) is 5.75 Å². The number of carboxylic acid groups (broad SMARTS) is 1. The van der Waals surface area contributed by atoms with Crippen molar-refractivity contribution in [3.63, 3.8) is 0 Å². The van der Waals surface area contributed by atoms with Crippen LogP contribution in [0.15, 0.2) is 66.7 Å². The van der Waals surface area contributed by atoms with Gasteiger partial charge in [0.2, 0.25) is 0 Å². The highest BCUT2D eigenvalue weighted by molar-refractivity contribution is 5.94. The molecule has 5 nitrogen and oxygen atoms in total. The number of carbonyl (C=O) groups is 2. The molecule has 1 amide bonds. The maximum Gasteiger partial charge on any atom is 0.416 e. The Hall–Kier alpha value is -3.81. The van der Waals surface area contributed by atoms with E-state index < -0.39 is 17.7 Å². The lowest BCUT2D eigenvalue weighted by atomic mass is 9.83. The van der Waals surface area contributed by atoms with Crippen LogP contribution in [0.2, 0.25) is 0 Å². The van der Waals surface area contributed by atoms with Crippen LogP contribution in [-0.4, -0.2) is 23.5 Å². The summed E-state index contributed by atoms with van der Waals surface area (Å²) in [5, 5.41) is 11.3. The number of aryl methyl sites for hydroxylation is 1. The Labute approximate surface area is 232 Å². The Balaban J connectivity index is 1.52. The molecule has 212 valence electrons. The summed E-state index contributed by atoms with van der Waals surface area (Å²) in [4.78, 5) is 23.0. The number of carboxylic acids is 1. The first kappa shape index (κ1) is 29.2. The van der Waals surface area contributed by atoms with Crippen LogP contribution in [0, 0.1) is 12.8 Å². The smallest absolute Gasteiger partial charge is 0.416 e. The first-order valence-corrected chi connectivity index (χ1v) is 13.6. The van der Waals surface area contributed by atoms with E-state index in [1.165, 1.54) is 31.4 Å². The predicted molar refractivity (Wildman–Crippen MR) is 147 cm³/mol. The van der Waals surface area contributed by atoms with E-state index in [0.717, 1.165) is 48.1 Å². The number of carbonyl (C=O) groups excluding carboxylic acids is 1. The number of amides is 1. The average Bonchev–Trinajstić information content (AvgIpc) is 2.93. The van der Waals surface area contributed by atoms with Crippen molar-refractivity contribution in [3.05, 3.63) is 89.0 Å². The van der Waals surface area contributed by atoms with E-state index in [1.54, 1.807) is 24.3 Å². The Morgan fingerprint density at radius 3 is 2.20 bits per heavy atom. The van der Waals surface area contributed by atoms with E-state index in [4.69, 9.17) is 9.84 Å². The number of rotatable bonds is 10. The van der Waals surface area contributed by atoms with E-state index >= 15 is 0 Å². The monoisotopic (exact) mass is 553 g/mol. The molecule has 0 radical (unpaired) electrons. The molecule has 0 spiro atoms. The minimum absolute atomic E-state index is 0.0532. The molecule has 0 aliphatic heterocycles. The third-order valence-electron chi connectivity index (χ3n) is 7.45. The van der Waals surface area contributed by atoms with Gasteiger partial charge in [0, 0.05) is 12.1 Å². The van der Waals surface area contributed by atoms with Crippen molar-refractivity contribution < 1.29 is 32.6 Å². The predicted octanol–water partition coefficient (Wildman–Crippen LogP) is 7.98. The number of benzene rings is 3. The average molecular weight is 554 g/mol.